The molecule has 0 amide bonds. The van der Waals surface area contributed by atoms with Crippen molar-refractivity contribution in [3.8, 4) is 5.75 Å². The lowest BCUT2D eigenvalue weighted by molar-refractivity contribution is 0.188. The van der Waals surface area contributed by atoms with Crippen LogP contribution in [0, 0.1) is 0 Å². The summed E-state index contributed by atoms with van der Waals surface area (Å²) in [6.45, 7) is 2.47. The average Bonchev–Trinajstić information content (AvgIpc) is 2.82. The van der Waals surface area contributed by atoms with Crippen LogP contribution in [0.25, 0.3) is 0 Å². The fraction of sp³-hybridized carbons (Fsp3) is 0.250. The van der Waals surface area contributed by atoms with Gasteiger partial charge < -0.3 is 14.3 Å². The molecule has 4 nitrogen and oxygen atoms in total. The normalized spacial score (nSPS) is 12.4. The van der Waals surface area contributed by atoms with E-state index in [9.17, 15) is 5.11 Å². The van der Waals surface area contributed by atoms with Gasteiger partial charge in [0.1, 0.15) is 17.6 Å². The average molecular weight is 219 g/mol. The predicted molar refractivity (Wildman–Crippen MR) is 58.2 cm³/mol. The summed E-state index contributed by atoms with van der Waals surface area (Å²) in [7, 11) is 0. The number of rotatable bonds is 4. The summed E-state index contributed by atoms with van der Waals surface area (Å²) in [5.74, 6) is 1.14. The van der Waals surface area contributed by atoms with Gasteiger partial charge in [-0.05, 0) is 25.1 Å². The van der Waals surface area contributed by atoms with Gasteiger partial charge in [0.15, 0.2) is 0 Å². The van der Waals surface area contributed by atoms with Gasteiger partial charge in [-0.2, -0.15) is 0 Å². The Balaban J connectivity index is 2.23. The van der Waals surface area contributed by atoms with Gasteiger partial charge in [0, 0.05) is 11.8 Å². The number of nitrogens with zero attached hydrogens (tertiary/aromatic N) is 1. The summed E-state index contributed by atoms with van der Waals surface area (Å²) in [5.41, 5.74) is 0.654. The molecule has 84 valence electrons. The van der Waals surface area contributed by atoms with Crippen LogP contribution in [-0.2, 0) is 0 Å². The first kappa shape index (κ1) is 10.7. The van der Waals surface area contributed by atoms with E-state index in [4.69, 9.17) is 9.15 Å². The molecule has 2 aromatic rings. The van der Waals surface area contributed by atoms with Gasteiger partial charge in [-0.1, -0.05) is 0 Å². The van der Waals surface area contributed by atoms with E-state index in [1.54, 1.807) is 30.6 Å². The molecule has 2 rings (SSSR count). The largest absolute Gasteiger partial charge is 0.492 e. The van der Waals surface area contributed by atoms with Crippen molar-refractivity contribution in [3.05, 3.63) is 48.2 Å². The number of aliphatic hydroxyl groups excluding tert-OH is 1. The smallest absolute Gasteiger partial charge is 0.138 e. The molecule has 0 aromatic carbocycles. The molecule has 4 heteroatoms. The number of pyridine rings is 1. The number of hydrogen-bond donors (Lipinski definition) is 1. The van der Waals surface area contributed by atoms with Crippen molar-refractivity contribution >= 4 is 0 Å². The maximum atomic E-state index is 9.98. The molecule has 0 saturated heterocycles. The maximum Gasteiger partial charge on any atom is 0.138 e. The summed E-state index contributed by atoms with van der Waals surface area (Å²) >= 11 is 0. The molecule has 0 aliphatic carbocycles. The van der Waals surface area contributed by atoms with E-state index in [2.05, 4.69) is 4.98 Å². The van der Waals surface area contributed by atoms with E-state index in [1.165, 1.54) is 6.26 Å². The van der Waals surface area contributed by atoms with E-state index < -0.39 is 6.10 Å². The van der Waals surface area contributed by atoms with Crippen LogP contribution in [0.1, 0.15) is 24.4 Å². The van der Waals surface area contributed by atoms with Crippen molar-refractivity contribution in [1.29, 1.82) is 0 Å². The molecule has 0 bridgehead atoms. The zero-order valence-corrected chi connectivity index (χ0v) is 8.96. The van der Waals surface area contributed by atoms with Gasteiger partial charge in [-0.15, -0.1) is 0 Å². The van der Waals surface area contributed by atoms with Crippen molar-refractivity contribution in [1.82, 2.24) is 4.98 Å². The lowest BCUT2D eigenvalue weighted by Gasteiger charge is -2.09. The SMILES string of the molecule is CCOc1cncc(C(O)c2ccco2)c1. The van der Waals surface area contributed by atoms with E-state index in [0.29, 0.717) is 23.7 Å². The highest BCUT2D eigenvalue weighted by Gasteiger charge is 2.14. The highest BCUT2D eigenvalue weighted by atomic mass is 16.5. The Morgan fingerprint density at radius 1 is 1.50 bits per heavy atom. The first-order chi connectivity index (χ1) is 7.81. The number of aromatic nitrogens is 1. The lowest BCUT2D eigenvalue weighted by Crippen LogP contribution is -2.00. The van der Waals surface area contributed by atoms with Gasteiger partial charge in [-0.3, -0.25) is 4.98 Å². The zero-order valence-electron chi connectivity index (χ0n) is 8.96. The second kappa shape index (κ2) is 4.81. The minimum Gasteiger partial charge on any atom is -0.492 e. The molecule has 1 N–H and O–H groups in total. The van der Waals surface area contributed by atoms with E-state index >= 15 is 0 Å². The number of ether oxygens (including phenoxy) is 1. The van der Waals surface area contributed by atoms with Crippen molar-refractivity contribution in [2.45, 2.75) is 13.0 Å². The molecule has 0 aliphatic heterocycles. The second-order valence-electron chi connectivity index (χ2n) is 3.30. The topological polar surface area (TPSA) is 55.5 Å². The number of hydrogen-bond acceptors (Lipinski definition) is 4. The van der Waals surface area contributed by atoms with Crippen molar-refractivity contribution in [2.75, 3.05) is 6.61 Å². The fourth-order valence-electron chi connectivity index (χ4n) is 1.44. The number of aliphatic hydroxyl groups is 1. The van der Waals surface area contributed by atoms with E-state index in [-0.39, 0.29) is 0 Å². The van der Waals surface area contributed by atoms with Crippen LogP contribution in [0.15, 0.2) is 41.3 Å². The van der Waals surface area contributed by atoms with Gasteiger partial charge in [0.2, 0.25) is 0 Å². The third-order valence-corrected chi connectivity index (χ3v) is 2.17. The molecule has 0 radical (unpaired) electrons. The van der Waals surface area contributed by atoms with Crippen LogP contribution in [0.5, 0.6) is 5.75 Å². The van der Waals surface area contributed by atoms with Gasteiger partial charge in [0.25, 0.3) is 0 Å². The third-order valence-electron chi connectivity index (χ3n) is 2.17. The molecule has 0 spiro atoms. The van der Waals surface area contributed by atoms with Gasteiger partial charge >= 0.3 is 0 Å². The molecule has 0 aliphatic rings. The standard InChI is InChI=1S/C12H13NO3/c1-2-15-10-6-9(7-13-8-10)12(14)11-4-3-5-16-11/h3-8,12,14H,2H2,1H3. The minimum atomic E-state index is -0.803. The molecule has 0 fully saturated rings. The Labute approximate surface area is 93.5 Å². The summed E-state index contributed by atoms with van der Waals surface area (Å²) < 4.78 is 10.4. The molecule has 16 heavy (non-hydrogen) atoms. The van der Waals surface area contributed by atoms with Crippen molar-refractivity contribution in [3.63, 3.8) is 0 Å². The van der Waals surface area contributed by atoms with Crippen LogP contribution >= 0.6 is 0 Å². The molecular formula is C12H13NO3. The summed E-state index contributed by atoms with van der Waals surface area (Å²) in [4.78, 5) is 4.01. The molecule has 0 saturated carbocycles. The van der Waals surface area contributed by atoms with Crippen LogP contribution < -0.4 is 4.74 Å². The first-order valence-corrected chi connectivity index (χ1v) is 5.10. The summed E-state index contributed by atoms with van der Waals surface area (Å²) in [6, 6.07) is 5.21. The first-order valence-electron chi connectivity index (χ1n) is 5.10. The van der Waals surface area contributed by atoms with Crippen molar-refractivity contribution in [2.24, 2.45) is 0 Å². The molecule has 1 atom stereocenters. The predicted octanol–water partition coefficient (Wildman–Crippen LogP) is 2.16. The molecule has 2 aromatic heterocycles. The second-order valence-corrected chi connectivity index (χ2v) is 3.30. The van der Waals surface area contributed by atoms with Crippen LogP contribution in [0.4, 0.5) is 0 Å². The van der Waals surface area contributed by atoms with Crippen LogP contribution in [-0.4, -0.2) is 16.7 Å². The maximum absolute atomic E-state index is 9.98. The Morgan fingerprint density at radius 2 is 2.38 bits per heavy atom. The van der Waals surface area contributed by atoms with Gasteiger partial charge in [0.05, 0.1) is 19.1 Å². The summed E-state index contributed by atoms with van der Waals surface area (Å²) in [6.07, 6.45) is 3.93. The third kappa shape index (κ3) is 2.23. The molecule has 1 unspecified atom stereocenters. The monoisotopic (exact) mass is 219 g/mol. The highest BCUT2D eigenvalue weighted by Crippen LogP contribution is 2.24. The summed E-state index contributed by atoms with van der Waals surface area (Å²) in [5, 5.41) is 9.98. The molecular weight excluding hydrogens is 206 g/mol. The highest BCUT2D eigenvalue weighted by molar-refractivity contribution is 5.28. The van der Waals surface area contributed by atoms with E-state index in [1.807, 2.05) is 6.92 Å². The van der Waals surface area contributed by atoms with Gasteiger partial charge in [-0.25, -0.2) is 0 Å². The zero-order chi connectivity index (χ0) is 11.4. The Bertz CT molecular complexity index is 439. The van der Waals surface area contributed by atoms with Crippen LogP contribution in [0.3, 0.4) is 0 Å². The molecule has 2 heterocycles. The minimum absolute atomic E-state index is 0.496. The Hall–Kier alpha value is -1.81. The Morgan fingerprint density at radius 3 is 3.06 bits per heavy atom. The number of furan rings is 1. The quantitative estimate of drug-likeness (QED) is 0.856. The lowest BCUT2D eigenvalue weighted by atomic mass is 10.1. The van der Waals surface area contributed by atoms with Crippen LogP contribution in [0.2, 0.25) is 0 Å². The fourth-order valence-corrected chi connectivity index (χ4v) is 1.44. The van der Waals surface area contributed by atoms with E-state index in [0.717, 1.165) is 0 Å². The van der Waals surface area contributed by atoms with Crippen molar-refractivity contribution < 1.29 is 14.3 Å². The Kier molecular flexibility index (Phi) is 3.22.